The number of carboxylic acids is 1. The van der Waals surface area contributed by atoms with Crippen LogP contribution in [0, 0.1) is 0 Å². The normalized spacial score (nSPS) is 12.7. The number of hydrogen-bond donors (Lipinski definition) is 2. The molecule has 0 amide bonds. The minimum atomic E-state index is -0.826. The average molecular weight is 358 g/mol. The van der Waals surface area contributed by atoms with Gasteiger partial charge in [-0.3, -0.25) is 4.79 Å². The number of carbonyl (C=O) groups is 1. The van der Waals surface area contributed by atoms with Crippen LogP contribution >= 0.6 is 43.2 Å². The first-order valence-electron chi connectivity index (χ1n) is 4.35. The van der Waals surface area contributed by atoms with E-state index in [1.165, 1.54) is 11.3 Å². The Balaban J connectivity index is 2.50. The number of halogens is 2. The minimum absolute atomic E-state index is 0.0972. The third-order valence-corrected chi connectivity index (χ3v) is 4.30. The SMILES string of the molecule is O=C(O)CCCC(O)c1cc(Br)sc1Br. The molecular formula is C9H10Br2O3S. The molecule has 1 atom stereocenters. The molecule has 0 aliphatic heterocycles. The Kier molecular flexibility index (Phi) is 5.25. The molecule has 0 bridgehead atoms. The Bertz CT molecular complexity index is 351. The predicted molar refractivity (Wildman–Crippen MR) is 66.2 cm³/mol. The average Bonchev–Trinajstić information content (AvgIpc) is 2.44. The summed E-state index contributed by atoms with van der Waals surface area (Å²) in [4.78, 5) is 10.3. The Morgan fingerprint density at radius 1 is 1.53 bits per heavy atom. The van der Waals surface area contributed by atoms with Crippen LogP contribution in [0.2, 0.25) is 0 Å². The quantitative estimate of drug-likeness (QED) is 0.846. The van der Waals surface area contributed by atoms with Gasteiger partial charge in [0.05, 0.1) is 13.7 Å². The monoisotopic (exact) mass is 356 g/mol. The van der Waals surface area contributed by atoms with Gasteiger partial charge in [-0.05, 0) is 50.8 Å². The van der Waals surface area contributed by atoms with Crippen molar-refractivity contribution >= 4 is 49.2 Å². The van der Waals surface area contributed by atoms with E-state index in [0.717, 1.165) is 13.1 Å². The fourth-order valence-electron chi connectivity index (χ4n) is 1.18. The van der Waals surface area contributed by atoms with Crippen LogP contribution in [-0.2, 0) is 4.79 Å². The maximum Gasteiger partial charge on any atom is 0.303 e. The lowest BCUT2D eigenvalue weighted by molar-refractivity contribution is -0.137. The highest BCUT2D eigenvalue weighted by Gasteiger charge is 2.14. The van der Waals surface area contributed by atoms with Crippen LogP contribution in [0.3, 0.4) is 0 Å². The molecule has 1 heterocycles. The van der Waals surface area contributed by atoms with Crippen LogP contribution in [0.5, 0.6) is 0 Å². The van der Waals surface area contributed by atoms with Crippen LogP contribution in [0.15, 0.2) is 13.6 Å². The number of aliphatic carboxylic acids is 1. The van der Waals surface area contributed by atoms with Gasteiger partial charge in [-0.1, -0.05) is 0 Å². The summed E-state index contributed by atoms with van der Waals surface area (Å²) in [7, 11) is 0. The maximum atomic E-state index is 10.3. The molecule has 0 saturated carbocycles. The molecular weight excluding hydrogens is 348 g/mol. The number of aliphatic hydroxyl groups excluding tert-OH is 1. The van der Waals surface area contributed by atoms with Crippen molar-refractivity contribution in [2.24, 2.45) is 0 Å². The number of hydrogen-bond acceptors (Lipinski definition) is 3. The first kappa shape index (κ1) is 13.2. The lowest BCUT2D eigenvalue weighted by Gasteiger charge is -2.08. The van der Waals surface area contributed by atoms with E-state index >= 15 is 0 Å². The van der Waals surface area contributed by atoms with Gasteiger partial charge in [0.1, 0.15) is 0 Å². The molecule has 6 heteroatoms. The van der Waals surface area contributed by atoms with Gasteiger partial charge in [-0.25, -0.2) is 0 Å². The highest BCUT2D eigenvalue weighted by atomic mass is 79.9. The molecule has 0 radical (unpaired) electrons. The molecule has 1 unspecified atom stereocenters. The molecule has 3 nitrogen and oxygen atoms in total. The summed E-state index contributed by atoms with van der Waals surface area (Å²) in [6.45, 7) is 0. The molecule has 2 N–H and O–H groups in total. The van der Waals surface area contributed by atoms with Crippen LogP contribution in [0.1, 0.15) is 30.9 Å². The zero-order valence-electron chi connectivity index (χ0n) is 7.74. The van der Waals surface area contributed by atoms with Crippen molar-refractivity contribution in [3.05, 3.63) is 19.2 Å². The molecule has 0 saturated heterocycles. The van der Waals surface area contributed by atoms with Crippen molar-refractivity contribution in [2.75, 3.05) is 0 Å². The van der Waals surface area contributed by atoms with Crippen molar-refractivity contribution in [1.29, 1.82) is 0 Å². The zero-order valence-corrected chi connectivity index (χ0v) is 11.7. The Morgan fingerprint density at radius 2 is 2.20 bits per heavy atom. The predicted octanol–water partition coefficient (Wildman–Crippen LogP) is 3.56. The topological polar surface area (TPSA) is 57.5 Å². The second-order valence-electron chi connectivity index (χ2n) is 3.08. The Labute approximate surface area is 108 Å². The summed E-state index contributed by atoms with van der Waals surface area (Å²) in [5.41, 5.74) is 0.817. The smallest absolute Gasteiger partial charge is 0.303 e. The first-order chi connectivity index (χ1) is 7.00. The van der Waals surface area contributed by atoms with E-state index in [0.29, 0.717) is 12.8 Å². The van der Waals surface area contributed by atoms with Crippen LogP contribution in [0.4, 0.5) is 0 Å². The molecule has 1 aromatic heterocycles. The second kappa shape index (κ2) is 5.98. The lowest BCUT2D eigenvalue weighted by Crippen LogP contribution is -1.99. The fourth-order valence-corrected chi connectivity index (χ4v) is 4.14. The lowest BCUT2D eigenvalue weighted by atomic mass is 10.1. The van der Waals surface area contributed by atoms with Crippen molar-refractivity contribution in [1.82, 2.24) is 0 Å². The van der Waals surface area contributed by atoms with Gasteiger partial charge < -0.3 is 10.2 Å². The molecule has 15 heavy (non-hydrogen) atoms. The van der Waals surface area contributed by atoms with E-state index in [1.807, 2.05) is 6.07 Å². The summed E-state index contributed by atoms with van der Waals surface area (Å²) in [6, 6.07) is 1.85. The molecule has 84 valence electrons. The molecule has 0 aliphatic carbocycles. The number of carboxylic acid groups (broad SMARTS) is 1. The van der Waals surface area contributed by atoms with Crippen molar-refractivity contribution in [3.8, 4) is 0 Å². The van der Waals surface area contributed by atoms with Crippen LogP contribution < -0.4 is 0 Å². The van der Waals surface area contributed by atoms with E-state index in [2.05, 4.69) is 31.9 Å². The summed E-state index contributed by atoms with van der Waals surface area (Å²) < 4.78 is 1.83. The van der Waals surface area contributed by atoms with Gasteiger partial charge in [-0.15, -0.1) is 11.3 Å². The van der Waals surface area contributed by atoms with Crippen molar-refractivity contribution in [2.45, 2.75) is 25.4 Å². The summed E-state index contributed by atoms with van der Waals surface area (Å²) in [5.74, 6) is -0.826. The number of aliphatic hydroxyl groups is 1. The Morgan fingerprint density at radius 3 is 2.67 bits per heavy atom. The highest BCUT2D eigenvalue weighted by molar-refractivity contribution is 9.12. The van der Waals surface area contributed by atoms with E-state index < -0.39 is 12.1 Å². The van der Waals surface area contributed by atoms with E-state index in [9.17, 15) is 9.90 Å². The van der Waals surface area contributed by atoms with Gasteiger partial charge in [0.15, 0.2) is 0 Å². The van der Waals surface area contributed by atoms with Crippen molar-refractivity contribution < 1.29 is 15.0 Å². The van der Waals surface area contributed by atoms with E-state index in [-0.39, 0.29) is 6.42 Å². The molecule has 0 aliphatic rings. The first-order valence-corrected chi connectivity index (χ1v) is 6.75. The highest BCUT2D eigenvalue weighted by Crippen LogP contribution is 2.36. The van der Waals surface area contributed by atoms with E-state index in [4.69, 9.17) is 5.11 Å². The van der Waals surface area contributed by atoms with Crippen LogP contribution in [-0.4, -0.2) is 16.2 Å². The van der Waals surface area contributed by atoms with Gasteiger partial charge in [-0.2, -0.15) is 0 Å². The third-order valence-electron chi connectivity index (χ3n) is 1.91. The Hall–Kier alpha value is 0.0900. The van der Waals surface area contributed by atoms with Crippen molar-refractivity contribution in [3.63, 3.8) is 0 Å². The number of thiophene rings is 1. The molecule has 1 aromatic rings. The number of rotatable bonds is 5. The minimum Gasteiger partial charge on any atom is -0.481 e. The van der Waals surface area contributed by atoms with Gasteiger partial charge in [0.2, 0.25) is 0 Å². The van der Waals surface area contributed by atoms with Gasteiger partial charge >= 0.3 is 5.97 Å². The molecule has 0 spiro atoms. The molecule has 1 rings (SSSR count). The van der Waals surface area contributed by atoms with Crippen LogP contribution in [0.25, 0.3) is 0 Å². The summed E-state index contributed by atoms with van der Waals surface area (Å²) in [5, 5.41) is 18.2. The standard InChI is InChI=1S/C9H10Br2O3S/c10-7-4-5(9(11)15-7)6(12)2-1-3-8(13)14/h4,6,12H,1-3H2,(H,13,14). The van der Waals surface area contributed by atoms with E-state index in [1.54, 1.807) is 0 Å². The van der Waals surface area contributed by atoms with Gasteiger partial charge in [0.25, 0.3) is 0 Å². The summed E-state index contributed by atoms with van der Waals surface area (Å²) >= 11 is 8.17. The molecule has 0 aromatic carbocycles. The maximum absolute atomic E-state index is 10.3. The largest absolute Gasteiger partial charge is 0.481 e. The zero-order chi connectivity index (χ0) is 11.4. The molecule has 0 fully saturated rings. The second-order valence-corrected chi connectivity index (χ2v) is 6.83. The third kappa shape index (κ3) is 4.22. The van der Waals surface area contributed by atoms with Gasteiger partial charge in [0, 0.05) is 12.0 Å². The fraction of sp³-hybridized carbons (Fsp3) is 0.444. The summed E-state index contributed by atoms with van der Waals surface area (Å²) in [6.07, 6.45) is 0.450.